The summed E-state index contributed by atoms with van der Waals surface area (Å²) in [4.78, 5) is 58.9. The Bertz CT molecular complexity index is 2830. The number of β-amino-alcohol motifs (C(OH)–C–C–N with tert-alkyl or cyclic N) is 1. The number of aryl methyl sites for hydroxylation is 2. The third kappa shape index (κ3) is 12.9. The molecule has 18 heteroatoms. The highest BCUT2D eigenvalue weighted by atomic mass is 32.1. The second-order valence-electron chi connectivity index (χ2n) is 18.8. The second-order valence-corrected chi connectivity index (χ2v) is 19.6. The van der Waals surface area contributed by atoms with Crippen LogP contribution in [0.1, 0.15) is 82.5 Å². The normalized spacial score (nSPS) is 17.5. The fraction of sp³-hybridized carbons (Fsp3) is 0.411. The van der Waals surface area contributed by atoms with Crippen LogP contribution in [0.15, 0.2) is 107 Å². The molecular formula is C56H66N8O9S. The number of amides is 3. The molecule has 5 aromatic rings. The van der Waals surface area contributed by atoms with E-state index in [4.69, 9.17) is 18.9 Å². The van der Waals surface area contributed by atoms with Gasteiger partial charge in [0.05, 0.1) is 66.6 Å². The van der Waals surface area contributed by atoms with Crippen molar-refractivity contribution in [2.75, 3.05) is 66.4 Å². The highest BCUT2D eigenvalue weighted by Gasteiger charge is 2.46. The Morgan fingerprint density at radius 2 is 1.66 bits per heavy atom. The molecule has 74 heavy (non-hydrogen) atoms. The molecule has 3 aliphatic rings. The fourth-order valence-corrected chi connectivity index (χ4v) is 10.6. The Labute approximate surface area is 436 Å². The summed E-state index contributed by atoms with van der Waals surface area (Å²) in [6.45, 7) is 9.59. The molecule has 3 atom stereocenters. The van der Waals surface area contributed by atoms with Gasteiger partial charge in [0.15, 0.2) is 0 Å². The Morgan fingerprint density at radius 3 is 2.38 bits per heavy atom. The van der Waals surface area contributed by atoms with Gasteiger partial charge in [-0.05, 0) is 78.6 Å². The van der Waals surface area contributed by atoms with Crippen LogP contribution >= 0.6 is 11.3 Å². The number of aliphatic imine (C=N–C) groups is 1. The average molecular weight is 1030 g/mol. The van der Waals surface area contributed by atoms with Gasteiger partial charge in [0.25, 0.3) is 5.91 Å². The highest BCUT2D eigenvalue weighted by Crippen LogP contribution is 2.34. The molecule has 0 radical (unpaired) electrons. The number of pyridine rings is 1. The minimum absolute atomic E-state index is 0.00153. The molecule has 0 saturated carbocycles. The van der Waals surface area contributed by atoms with Crippen LogP contribution in [0.2, 0.25) is 0 Å². The number of hydrogen-bond donors (Lipinski definition) is 4. The lowest BCUT2D eigenvalue weighted by Crippen LogP contribution is -2.55. The van der Waals surface area contributed by atoms with E-state index in [1.165, 1.54) is 16.2 Å². The van der Waals surface area contributed by atoms with E-state index in [1.807, 2.05) is 87.6 Å². The summed E-state index contributed by atoms with van der Waals surface area (Å²) in [7, 11) is 1.79. The first-order valence-electron chi connectivity index (χ1n) is 25.3. The van der Waals surface area contributed by atoms with E-state index in [0.717, 1.165) is 73.6 Å². The largest absolute Gasteiger partial charge is 0.491 e. The zero-order valence-corrected chi connectivity index (χ0v) is 43.3. The number of allylic oxidation sites excluding steroid dienone is 1. The van der Waals surface area contributed by atoms with Gasteiger partial charge in [0, 0.05) is 92.7 Å². The lowest BCUT2D eigenvalue weighted by Gasteiger charge is -2.35. The number of hydrogen-bond acceptors (Lipinski definition) is 15. The van der Waals surface area contributed by atoms with E-state index in [-0.39, 0.29) is 43.8 Å². The van der Waals surface area contributed by atoms with E-state index in [0.29, 0.717) is 76.2 Å². The third-order valence-corrected chi connectivity index (χ3v) is 14.4. The number of ether oxygens (including phenoxy) is 4. The van der Waals surface area contributed by atoms with Gasteiger partial charge < -0.3 is 49.7 Å². The van der Waals surface area contributed by atoms with Crippen molar-refractivity contribution in [1.82, 2.24) is 30.4 Å². The van der Waals surface area contributed by atoms with Crippen molar-refractivity contribution in [3.05, 3.63) is 142 Å². The molecule has 17 nitrogen and oxygen atoms in total. The molecule has 4 N–H and O–H groups in total. The summed E-state index contributed by atoms with van der Waals surface area (Å²) in [6.07, 6.45) is 7.04. The number of rotatable bonds is 25. The molecular weight excluding hydrogens is 961 g/mol. The molecule has 390 valence electrons. The Kier molecular flexibility index (Phi) is 18.7. The number of aliphatic hydroxyl groups is 1. The first-order valence-corrected chi connectivity index (χ1v) is 26.1. The molecule has 3 amide bonds. The minimum atomic E-state index is -0.912. The monoisotopic (exact) mass is 1030 g/mol. The summed E-state index contributed by atoms with van der Waals surface area (Å²) in [5, 5.41) is 30.1. The molecule has 0 spiro atoms. The Morgan fingerprint density at radius 1 is 0.905 bits per heavy atom. The van der Waals surface area contributed by atoms with Crippen molar-refractivity contribution in [3.63, 3.8) is 0 Å². The SMILES string of the molecule is C/N=C(\C(=C/NCCCOCCOCCOCCOc1cc(-c2scnc2C)ccc1CNC(=O)[C@@H]1C[C@@H](O)CN1C(=O)[C@H](C(C)C)N1Cc2ccccc2C1=O)c1ccc2c(c1)CC/C2=N\O)c1ccncc1. The van der Waals surface area contributed by atoms with Gasteiger partial charge in [-0.1, -0.05) is 67.5 Å². The number of fused-ring (bicyclic) bond motifs is 2. The lowest BCUT2D eigenvalue weighted by molar-refractivity contribution is -0.143. The number of aliphatic hydroxyl groups excluding tert-OH is 1. The van der Waals surface area contributed by atoms with Crippen LogP contribution in [0, 0.1) is 12.8 Å². The summed E-state index contributed by atoms with van der Waals surface area (Å²) in [5.74, 6) is -0.622. The summed E-state index contributed by atoms with van der Waals surface area (Å²) in [5.41, 5.74) is 12.4. The summed E-state index contributed by atoms with van der Waals surface area (Å²) in [6, 6.07) is 21.5. The van der Waals surface area contributed by atoms with Crippen LogP contribution in [0.3, 0.4) is 0 Å². The van der Waals surface area contributed by atoms with E-state index < -0.39 is 24.1 Å². The van der Waals surface area contributed by atoms with Crippen LogP contribution in [-0.4, -0.2) is 144 Å². The van der Waals surface area contributed by atoms with Gasteiger partial charge in [-0.25, -0.2) is 4.98 Å². The molecule has 0 unspecified atom stereocenters. The number of carbonyl (C=O) groups is 3. The molecule has 0 bridgehead atoms. The third-order valence-electron chi connectivity index (χ3n) is 13.5. The summed E-state index contributed by atoms with van der Waals surface area (Å²) < 4.78 is 23.7. The number of nitrogens with one attached hydrogen (secondary N) is 2. The number of nitrogens with zero attached hydrogens (tertiary/aromatic N) is 6. The average Bonchev–Trinajstić information content (AvgIpc) is 4.22. The zero-order valence-electron chi connectivity index (χ0n) is 42.5. The molecule has 4 heterocycles. The van der Waals surface area contributed by atoms with Crippen molar-refractivity contribution in [2.24, 2.45) is 16.1 Å². The molecule has 2 aliphatic heterocycles. The first kappa shape index (κ1) is 53.5. The molecule has 2 aromatic heterocycles. The van der Waals surface area contributed by atoms with Crippen molar-refractivity contribution in [3.8, 4) is 16.2 Å². The number of likely N-dealkylation sites (tertiary alicyclic amines) is 1. The molecule has 8 rings (SSSR count). The first-order chi connectivity index (χ1) is 36.1. The topological polar surface area (TPSA) is 210 Å². The van der Waals surface area contributed by atoms with Crippen LogP contribution < -0.4 is 15.4 Å². The number of oxime groups is 1. The van der Waals surface area contributed by atoms with Crippen LogP contribution in [-0.2, 0) is 43.3 Å². The predicted octanol–water partition coefficient (Wildman–Crippen LogP) is 6.47. The van der Waals surface area contributed by atoms with E-state index in [1.54, 1.807) is 35.9 Å². The second kappa shape index (κ2) is 25.9. The van der Waals surface area contributed by atoms with Crippen LogP contribution in [0.5, 0.6) is 5.75 Å². The fourth-order valence-electron chi connectivity index (χ4n) is 9.76. The molecule has 3 aromatic carbocycles. The van der Waals surface area contributed by atoms with E-state index in [9.17, 15) is 24.7 Å². The number of carbonyl (C=O) groups excluding carboxylic acids is 3. The maximum absolute atomic E-state index is 14.3. The van der Waals surface area contributed by atoms with Crippen molar-refractivity contribution >= 4 is 46.1 Å². The maximum atomic E-state index is 14.3. The molecule has 1 fully saturated rings. The van der Waals surface area contributed by atoms with Gasteiger partial charge in [-0.15, -0.1) is 11.3 Å². The number of aromatic nitrogens is 2. The lowest BCUT2D eigenvalue weighted by atomic mass is 9.94. The van der Waals surface area contributed by atoms with Gasteiger partial charge in [0.1, 0.15) is 24.4 Å². The standard InChI is InChI=1S/C56H66N8O9S/c1-36(2)52(64-33-43-8-5-6-9-46(43)55(64)67)56(68)63-34-44(65)30-49(63)54(66)60-31-42-11-10-41(53-37(3)61-35-74-53)29-50(42)73-27-26-72-25-24-71-23-22-70-21-7-18-59-32-47(51(57-4)38-16-19-58-20-17-38)40-12-14-45-39(28-40)13-15-48(45)62-69/h5-6,8-12,14,16-17,19-20,28-29,32,35-36,44,49,52,59,65,69H,7,13,15,18,21-27,30-31,33-34H2,1-4H3,(H,60,66)/b47-32-,57-51-,62-48+/t44-,49+,52+/m1/s1. The van der Waals surface area contributed by atoms with E-state index in [2.05, 4.69) is 36.8 Å². The maximum Gasteiger partial charge on any atom is 0.255 e. The summed E-state index contributed by atoms with van der Waals surface area (Å²) >= 11 is 1.53. The van der Waals surface area contributed by atoms with Crippen molar-refractivity contribution < 1.29 is 43.6 Å². The van der Waals surface area contributed by atoms with Crippen LogP contribution in [0.4, 0.5) is 0 Å². The van der Waals surface area contributed by atoms with Gasteiger partial charge in [-0.2, -0.15) is 0 Å². The number of benzene rings is 3. The van der Waals surface area contributed by atoms with Gasteiger partial charge in [0.2, 0.25) is 11.8 Å². The van der Waals surface area contributed by atoms with Gasteiger partial charge >= 0.3 is 0 Å². The molecule has 1 saturated heterocycles. The molecule has 1 aliphatic carbocycles. The van der Waals surface area contributed by atoms with Crippen LogP contribution in [0.25, 0.3) is 16.0 Å². The number of thiazole rings is 1. The Balaban J connectivity index is 0.762. The minimum Gasteiger partial charge on any atom is -0.491 e. The zero-order chi connectivity index (χ0) is 52.0. The smallest absolute Gasteiger partial charge is 0.255 e. The quantitative estimate of drug-likeness (QED) is 0.0215. The van der Waals surface area contributed by atoms with Crippen molar-refractivity contribution in [1.29, 1.82) is 0 Å². The highest BCUT2D eigenvalue weighted by molar-refractivity contribution is 7.13. The predicted molar refractivity (Wildman–Crippen MR) is 284 cm³/mol. The Hall–Kier alpha value is -6.83. The van der Waals surface area contributed by atoms with E-state index >= 15 is 0 Å². The van der Waals surface area contributed by atoms with Gasteiger partial charge in [-0.3, -0.25) is 24.4 Å². The van der Waals surface area contributed by atoms with Crippen molar-refractivity contribution in [2.45, 2.75) is 77.7 Å².